The fourth-order valence-corrected chi connectivity index (χ4v) is 4.40. The predicted octanol–water partition coefficient (Wildman–Crippen LogP) is 8.65. The van der Waals surface area contributed by atoms with Crippen molar-refractivity contribution in [3.63, 3.8) is 0 Å². The first kappa shape index (κ1) is 25.8. The molecule has 0 unspecified atom stereocenters. The summed E-state index contributed by atoms with van der Waals surface area (Å²) in [5, 5.41) is 0. The van der Waals surface area contributed by atoms with Crippen LogP contribution in [0.2, 0.25) is 0 Å². The Bertz CT molecular complexity index is 249. The third kappa shape index (κ3) is 15.6. The van der Waals surface area contributed by atoms with Crippen molar-refractivity contribution in [1.82, 2.24) is 0 Å². The fraction of sp³-hybridized carbons (Fsp3) is 1.00. The first-order valence-electron chi connectivity index (χ1n) is 10.8. The number of quaternary nitrogens is 1. The van der Waals surface area contributed by atoms with Crippen molar-refractivity contribution >= 4 is 34.8 Å². The molecule has 0 aliphatic rings. The van der Waals surface area contributed by atoms with E-state index in [1.165, 1.54) is 103 Å². The number of unbranched alkanes of at least 4 members (excludes halogenated alkanes) is 15. The number of rotatable bonds is 20. The van der Waals surface area contributed by atoms with E-state index in [2.05, 4.69) is 6.92 Å². The Labute approximate surface area is 173 Å². The highest BCUT2D eigenvalue weighted by Crippen LogP contribution is 2.17. The number of nitrogens with zero attached hydrogens (tertiary/aromatic N) is 1. The SMILES string of the molecule is CCCCCCCCCCCCCCCCCC[N+](CCl)(CCl)CCl. The molecule has 0 saturated carbocycles. The Morgan fingerprint density at radius 1 is 0.440 bits per heavy atom. The molecule has 0 heterocycles. The Balaban J connectivity index is 3.21. The summed E-state index contributed by atoms with van der Waals surface area (Å²) in [6.45, 7) is 3.30. The second-order valence-corrected chi connectivity index (χ2v) is 8.44. The standard InChI is InChI=1S/C21H43Cl3N/c1-2-3-4-5-6-7-8-9-10-11-12-13-14-15-16-17-18-25(19-22,20-23)21-24/h2-21H2,1H3/q+1. The van der Waals surface area contributed by atoms with Crippen LogP contribution in [0, 0.1) is 0 Å². The van der Waals surface area contributed by atoms with Crippen molar-refractivity contribution in [2.75, 3.05) is 24.6 Å². The van der Waals surface area contributed by atoms with Crippen LogP contribution in [0.25, 0.3) is 0 Å². The molecular weight excluding hydrogens is 373 g/mol. The van der Waals surface area contributed by atoms with E-state index < -0.39 is 0 Å². The summed E-state index contributed by atoms with van der Waals surface area (Å²) in [5.74, 6) is 0. The third-order valence-corrected chi connectivity index (χ3v) is 6.77. The van der Waals surface area contributed by atoms with Crippen molar-refractivity contribution in [2.45, 2.75) is 110 Å². The lowest BCUT2D eigenvalue weighted by Crippen LogP contribution is -2.45. The molecule has 0 aromatic heterocycles. The summed E-state index contributed by atoms with van der Waals surface area (Å²) in [4.78, 5) is 0. The molecule has 0 rings (SSSR count). The highest BCUT2D eigenvalue weighted by molar-refractivity contribution is 6.20. The molecule has 152 valence electrons. The van der Waals surface area contributed by atoms with Crippen LogP contribution < -0.4 is 0 Å². The predicted molar refractivity (Wildman–Crippen MR) is 117 cm³/mol. The fourth-order valence-electron chi connectivity index (χ4n) is 3.27. The topological polar surface area (TPSA) is 0 Å². The molecule has 25 heavy (non-hydrogen) atoms. The Morgan fingerprint density at radius 2 is 0.720 bits per heavy atom. The van der Waals surface area contributed by atoms with Gasteiger partial charge in [-0.3, -0.25) is 4.48 Å². The molecule has 0 bridgehead atoms. The van der Waals surface area contributed by atoms with Crippen molar-refractivity contribution < 1.29 is 4.48 Å². The molecule has 0 amide bonds. The normalized spacial score (nSPS) is 12.0. The lowest BCUT2D eigenvalue weighted by atomic mass is 10.0. The molecule has 0 atom stereocenters. The van der Waals surface area contributed by atoms with Gasteiger partial charge in [0.1, 0.15) is 0 Å². The Hall–Kier alpha value is 0.830. The van der Waals surface area contributed by atoms with Crippen LogP contribution in [0.3, 0.4) is 0 Å². The largest absolute Gasteiger partial charge is 0.286 e. The van der Waals surface area contributed by atoms with Gasteiger partial charge in [0.05, 0.1) is 6.54 Å². The maximum atomic E-state index is 6.00. The van der Waals surface area contributed by atoms with Crippen LogP contribution in [-0.2, 0) is 0 Å². The van der Waals surface area contributed by atoms with Crippen LogP contribution in [0.5, 0.6) is 0 Å². The first-order chi connectivity index (χ1) is 12.2. The van der Waals surface area contributed by atoms with E-state index in [1.807, 2.05) is 0 Å². The highest BCUT2D eigenvalue weighted by atomic mass is 35.5. The van der Waals surface area contributed by atoms with Crippen molar-refractivity contribution in [2.24, 2.45) is 0 Å². The van der Waals surface area contributed by atoms with Crippen molar-refractivity contribution in [1.29, 1.82) is 0 Å². The Morgan fingerprint density at radius 3 is 1.00 bits per heavy atom. The van der Waals surface area contributed by atoms with Crippen LogP contribution >= 0.6 is 34.8 Å². The molecule has 0 aliphatic carbocycles. The molecular formula is C21H43Cl3N+. The number of halogens is 3. The third-order valence-electron chi connectivity index (χ3n) is 5.25. The van der Waals surface area contributed by atoms with E-state index >= 15 is 0 Å². The van der Waals surface area contributed by atoms with E-state index in [0.717, 1.165) is 6.54 Å². The average molecular weight is 416 g/mol. The molecule has 0 spiro atoms. The van der Waals surface area contributed by atoms with Gasteiger partial charge in [0.2, 0.25) is 0 Å². The first-order valence-corrected chi connectivity index (χ1v) is 12.4. The van der Waals surface area contributed by atoms with Crippen LogP contribution in [-0.4, -0.2) is 29.0 Å². The smallest absolute Gasteiger partial charge is 0.156 e. The molecule has 0 N–H and O–H groups in total. The van der Waals surface area contributed by atoms with Gasteiger partial charge in [0.25, 0.3) is 0 Å². The lowest BCUT2D eigenvalue weighted by Gasteiger charge is -2.31. The zero-order valence-corrected chi connectivity index (χ0v) is 19.0. The van der Waals surface area contributed by atoms with Crippen molar-refractivity contribution in [3.8, 4) is 0 Å². The second kappa shape index (κ2) is 19.6. The summed E-state index contributed by atoms with van der Waals surface area (Å²) in [6.07, 6.45) is 22.4. The molecule has 0 radical (unpaired) electrons. The molecule has 1 nitrogen and oxygen atoms in total. The van der Waals surface area contributed by atoms with E-state index in [9.17, 15) is 0 Å². The lowest BCUT2D eigenvalue weighted by molar-refractivity contribution is -0.896. The van der Waals surface area contributed by atoms with E-state index in [0.29, 0.717) is 22.5 Å². The molecule has 0 saturated heterocycles. The second-order valence-electron chi connectivity index (χ2n) is 7.73. The number of hydrogen-bond donors (Lipinski definition) is 0. The minimum Gasteiger partial charge on any atom is -0.286 e. The van der Waals surface area contributed by atoms with Gasteiger partial charge >= 0.3 is 0 Å². The van der Waals surface area contributed by atoms with Gasteiger partial charge in [-0.05, 0) is 12.8 Å². The number of alkyl halides is 3. The van der Waals surface area contributed by atoms with Gasteiger partial charge in [0, 0.05) is 0 Å². The summed E-state index contributed by atoms with van der Waals surface area (Å²) in [5.41, 5.74) is 0. The van der Waals surface area contributed by atoms with Gasteiger partial charge < -0.3 is 0 Å². The summed E-state index contributed by atoms with van der Waals surface area (Å²) in [6, 6.07) is 1.56. The quantitative estimate of drug-likeness (QED) is 0.0807. The molecule has 0 aliphatic heterocycles. The van der Waals surface area contributed by atoms with Gasteiger partial charge in [-0.15, -0.1) is 0 Å². The molecule has 0 aromatic rings. The molecule has 4 heteroatoms. The maximum absolute atomic E-state index is 6.00. The average Bonchev–Trinajstić information content (AvgIpc) is 2.65. The summed E-state index contributed by atoms with van der Waals surface area (Å²) in [7, 11) is 0. The van der Waals surface area contributed by atoms with Gasteiger partial charge in [0.15, 0.2) is 18.0 Å². The zero-order valence-electron chi connectivity index (χ0n) is 16.7. The van der Waals surface area contributed by atoms with Crippen LogP contribution in [0.1, 0.15) is 110 Å². The van der Waals surface area contributed by atoms with Crippen LogP contribution in [0.15, 0.2) is 0 Å². The van der Waals surface area contributed by atoms with Gasteiger partial charge in [-0.25, -0.2) is 0 Å². The van der Waals surface area contributed by atoms with E-state index in [4.69, 9.17) is 34.8 Å². The molecule has 0 fully saturated rings. The minimum absolute atomic E-state index is 0.520. The van der Waals surface area contributed by atoms with Crippen molar-refractivity contribution in [3.05, 3.63) is 0 Å². The summed E-state index contributed by atoms with van der Waals surface area (Å²) >= 11 is 18.0. The minimum atomic E-state index is 0.520. The van der Waals surface area contributed by atoms with E-state index in [-0.39, 0.29) is 0 Å². The molecule has 0 aromatic carbocycles. The Kier molecular flexibility index (Phi) is 20.2. The highest BCUT2D eigenvalue weighted by Gasteiger charge is 2.23. The monoisotopic (exact) mass is 414 g/mol. The maximum Gasteiger partial charge on any atom is 0.156 e. The summed E-state index contributed by atoms with van der Waals surface area (Å²) < 4.78 is 0.628. The van der Waals surface area contributed by atoms with E-state index in [1.54, 1.807) is 0 Å². The number of hydrogen-bond acceptors (Lipinski definition) is 0. The van der Waals surface area contributed by atoms with Crippen LogP contribution in [0.4, 0.5) is 0 Å². The van der Waals surface area contributed by atoms with Gasteiger partial charge in [-0.1, -0.05) is 132 Å². The van der Waals surface area contributed by atoms with Gasteiger partial charge in [-0.2, -0.15) is 0 Å². The zero-order chi connectivity index (χ0) is 18.6.